The summed E-state index contributed by atoms with van der Waals surface area (Å²) in [4.78, 5) is 23.0. The Morgan fingerprint density at radius 2 is 2.00 bits per heavy atom. The maximum atomic E-state index is 11.8. The maximum Gasteiger partial charge on any atom is 0.309 e. The molecule has 0 amide bonds. The van der Waals surface area contributed by atoms with Crippen LogP contribution in [0.3, 0.4) is 0 Å². The molecule has 2 aliphatic heterocycles. The smallest absolute Gasteiger partial charge is 0.309 e. The number of carbonyl (C=O) groups excluding carboxylic acids is 2. The van der Waals surface area contributed by atoms with E-state index in [1.54, 1.807) is 0 Å². The molecule has 1 fully saturated rings. The molecule has 17 heavy (non-hydrogen) atoms. The van der Waals surface area contributed by atoms with E-state index in [9.17, 15) is 9.59 Å². The van der Waals surface area contributed by atoms with E-state index in [0.717, 1.165) is 5.56 Å². The van der Waals surface area contributed by atoms with Gasteiger partial charge in [-0.25, -0.2) is 0 Å². The normalized spacial score (nSPS) is 30.1. The summed E-state index contributed by atoms with van der Waals surface area (Å²) in [6.07, 6.45) is 0.630. The summed E-state index contributed by atoms with van der Waals surface area (Å²) in [6, 6.07) is 9.26. The number of hydrogen-bond acceptors (Lipinski definition) is 4. The zero-order valence-corrected chi connectivity index (χ0v) is 9.17. The highest BCUT2D eigenvalue weighted by atomic mass is 16.8. The van der Waals surface area contributed by atoms with Crippen molar-refractivity contribution >= 4 is 17.3 Å². The van der Waals surface area contributed by atoms with Crippen molar-refractivity contribution in [3.8, 4) is 0 Å². The summed E-state index contributed by atoms with van der Waals surface area (Å²) in [5.74, 6) is -1.39. The van der Waals surface area contributed by atoms with Crippen molar-refractivity contribution in [2.75, 3.05) is 0 Å². The van der Waals surface area contributed by atoms with Gasteiger partial charge in [-0.1, -0.05) is 30.3 Å². The molecule has 86 valence electrons. The molecule has 1 saturated heterocycles. The fraction of sp³-hybridized carbons (Fsp3) is 0.231. The fourth-order valence-corrected chi connectivity index (χ4v) is 1.96. The van der Waals surface area contributed by atoms with E-state index >= 15 is 0 Å². The Labute approximate surface area is 97.8 Å². The van der Waals surface area contributed by atoms with Gasteiger partial charge in [0, 0.05) is 11.6 Å². The quantitative estimate of drug-likeness (QED) is 0.719. The van der Waals surface area contributed by atoms with Crippen LogP contribution in [-0.4, -0.2) is 23.5 Å². The summed E-state index contributed by atoms with van der Waals surface area (Å²) < 4.78 is 10.6. The predicted molar refractivity (Wildman–Crippen MR) is 58.8 cm³/mol. The monoisotopic (exact) mass is 230 g/mol. The van der Waals surface area contributed by atoms with Gasteiger partial charge in [0.05, 0.1) is 0 Å². The summed E-state index contributed by atoms with van der Waals surface area (Å²) in [5.41, 5.74) is 0.801. The highest BCUT2D eigenvalue weighted by molar-refractivity contribution is 6.10. The lowest BCUT2D eigenvalue weighted by molar-refractivity contribution is -0.128. The fourth-order valence-electron chi connectivity index (χ4n) is 1.96. The van der Waals surface area contributed by atoms with Crippen LogP contribution in [0.5, 0.6) is 0 Å². The Hall–Kier alpha value is -1.94. The van der Waals surface area contributed by atoms with E-state index in [0.29, 0.717) is 5.76 Å². The van der Waals surface area contributed by atoms with Crippen molar-refractivity contribution in [1.82, 2.24) is 0 Å². The molecule has 2 aliphatic rings. The van der Waals surface area contributed by atoms with Crippen LogP contribution in [0.4, 0.5) is 0 Å². The third-order valence-corrected chi connectivity index (χ3v) is 2.88. The molecular formula is C13H10O4. The Morgan fingerprint density at radius 1 is 1.29 bits per heavy atom. The van der Waals surface area contributed by atoms with Gasteiger partial charge in [-0.3, -0.25) is 9.59 Å². The third kappa shape index (κ3) is 1.41. The topological polar surface area (TPSA) is 55.9 Å². The second-order valence-electron chi connectivity index (χ2n) is 4.12. The van der Waals surface area contributed by atoms with Crippen LogP contribution >= 0.6 is 0 Å². The van der Waals surface area contributed by atoms with Crippen molar-refractivity contribution in [2.45, 2.75) is 18.8 Å². The SMILES string of the molecule is CC(=O)[C@@H]1O[C@]12OC(c1ccccc1)=CC2=O. The molecule has 2 heterocycles. The molecular weight excluding hydrogens is 220 g/mol. The van der Waals surface area contributed by atoms with E-state index < -0.39 is 11.9 Å². The van der Waals surface area contributed by atoms with Gasteiger partial charge in [0.2, 0.25) is 5.78 Å². The number of carbonyl (C=O) groups is 2. The number of ketones is 2. The van der Waals surface area contributed by atoms with Crippen molar-refractivity contribution in [2.24, 2.45) is 0 Å². The molecule has 0 N–H and O–H groups in total. The van der Waals surface area contributed by atoms with Gasteiger partial charge in [-0.2, -0.15) is 0 Å². The molecule has 1 aromatic carbocycles. The van der Waals surface area contributed by atoms with E-state index in [4.69, 9.17) is 9.47 Å². The lowest BCUT2D eigenvalue weighted by Gasteiger charge is -2.07. The zero-order chi connectivity index (χ0) is 12.0. The molecule has 4 heteroatoms. The van der Waals surface area contributed by atoms with Gasteiger partial charge >= 0.3 is 5.79 Å². The molecule has 0 bridgehead atoms. The molecule has 3 rings (SSSR count). The largest absolute Gasteiger partial charge is 0.451 e. The van der Waals surface area contributed by atoms with Crippen LogP contribution in [0.25, 0.3) is 5.76 Å². The number of epoxide rings is 1. The van der Waals surface area contributed by atoms with E-state index in [2.05, 4.69) is 0 Å². The predicted octanol–water partition coefficient (Wildman–Crippen LogP) is 1.31. The zero-order valence-electron chi connectivity index (χ0n) is 9.17. The van der Waals surface area contributed by atoms with E-state index in [1.807, 2.05) is 30.3 Å². The first-order valence-electron chi connectivity index (χ1n) is 5.32. The lowest BCUT2D eigenvalue weighted by atomic mass is 10.1. The summed E-state index contributed by atoms with van der Waals surface area (Å²) >= 11 is 0. The molecule has 2 atom stereocenters. The number of ether oxygens (including phenoxy) is 2. The number of rotatable bonds is 2. The Bertz CT molecular complexity index is 532. The molecule has 1 aromatic rings. The first-order chi connectivity index (χ1) is 8.13. The molecule has 0 aliphatic carbocycles. The van der Waals surface area contributed by atoms with Crippen molar-refractivity contribution in [3.05, 3.63) is 42.0 Å². The van der Waals surface area contributed by atoms with Gasteiger partial charge in [-0.15, -0.1) is 0 Å². The van der Waals surface area contributed by atoms with Crippen molar-refractivity contribution < 1.29 is 19.1 Å². The lowest BCUT2D eigenvalue weighted by Crippen LogP contribution is -2.26. The van der Waals surface area contributed by atoms with Crippen LogP contribution in [0.15, 0.2) is 36.4 Å². The van der Waals surface area contributed by atoms with E-state index in [1.165, 1.54) is 13.0 Å². The van der Waals surface area contributed by atoms with Crippen LogP contribution < -0.4 is 0 Å². The second kappa shape index (κ2) is 3.28. The highest BCUT2D eigenvalue weighted by Crippen LogP contribution is 2.47. The maximum absolute atomic E-state index is 11.8. The summed E-state index contributed by atoms with van der Waals surface area (Å²) in [5, 5.41) is 0. The Morgan fingerprint density at radius 3 is 2.59 bits per heavy atom. The minimum atomic E-state index is -1.36. The minimum absolute atomic E-state index is 0.193. The Kier molecular flexibility index (Phi) is 1.97. The average molecular weight is 230 g/mol. The van der Waals surface area contributed by atoms with Gasteiger partial charge in [0.25, 0.3) is 0 Å². The summed E-state index contributed by atoms with van der Waals surface area (Å²) in [6.45, 7) is 1.39. The first-order valence-corrected chi connectivity index (χ1v) is 5.32. The number of benzene rings is 1. The van der Waals surface area contributed by atoms with Crippen LogP contribution in [0.1, 0.15) is 12.5 Å². The molecule has 0 saturated carbocycles. The first kappa shape index (κ1) is 10.2. The average Bonchev–Trinajstić information content (AvgIpc) is 2.96. The number of Topliss-reactive ketones (excluding diaryl/α,β-unsaturated/α-hetero) is 1. The van der Waals surface area contributed by atoms with Crippen LogP contribution in [-0.2, 0) is 19.1 Å². The molecule has 1 spiro atoms. The van der Waals surface area contributed by atoms with Gasteiger partial charge in [-0.05, 0) is 6.92 Å². The van der Waals surface area contributed by atoms with Crippen molar-refractivity contribution in [1.29, 1.82) is 0 Å². The minimum Gasteiger partial charge on any atom is -0.451 e. The van der Waals surface area contributed by atoms with Crippen LogP contribution in [0.2, 0.25) is 0 Å². The van der Waals surface area contributed by atoms with Gasteiger partial charge < -0.3 is 9.47 Å². The van der Waals surface area contributed by atoms with Crippen LogP contribution in [0, 0.1) is 0 Å². The van der Waals surface area contributed by atoms with E-state index in [-0.39, 0.29) is 11.6 Å². The second-order valence-corrected chi connectivity index (χ2v) is 4.12. The molecule has 0 unspecified atom stereocenters. The highest BCUT2D eigenvalue weighted by Gasteiger charge is 2.70. The van der Waals surface area contributed by atoms with Gasteiger partial charge in [0.15, 0.2) is 11.9 Å². The summed E-state index contributed by atoms with van der Waals surface area (Å²) in [7, 11) is 0. The molecule has 0 aromatic heterocycles. The third-order valence-electron chi connectivity index (χ3n) is 2.88. The number of hydrogen-bond donors (Lipinski definition) is 0. The Balaban J connectivity index is 1.87. The van der Waals surface area contributed by atoms with Gasteiger partial charge in [0.1, 0.15) is 5.76 Å². The molecule has 0 radical (unpaired) electrons. The molecule has 4 nitrogen and oxygen atoms in total. The van der Waals surface area contributed by atoms with Crippen molar-refractivity contribution in [3.63, 3.8) is 0 Å². The standard InChI is InChI=1S/C13H10O4/c1-8(14)12-13(17-12)11(15)7-10(16-13)9-5-3-2-4-6-9/h2-7,12H,1H3/t12-,13-/m0/s1.